The highest BCUT2D eigenvalue weighted by Crippen LogP contribution is 2.44. The molecule has 0 heterocycles. The fourth-order valence-corrected chi connectivity index (χ4v) is 1.69. The minimum Gasteiger partial charge on any atom is -0.382 e. The molecule has 8 heteroatoms. The average Bonchev–Trinajstić information content (AvgIpc) is 2.32. The van der Waals surface area contributed by atoms with Crippen molar-refractivity contribution in [3.8, 4) is 0 Å². The molecule has 0 aromatic rings. The van der Waals surface area contributed by atoms with Crippen molar-refractivity contribution < 1.29 is 31.4 Å². The first-order valence-electron chi connectivity index (χ1n) is 4.50. The number of rotatable bonds is 1. The molecule has 0 saturated heterocycles. The molecule has 0 amide bonds. The number of nitrogens with zero attached hydrogens (tertiary/aromatic N) is 1. The number of hydrogen-bond acceptors (Lipinski definition) is 2. The van der Waals surface area contributed by atoms with E-state index in [2.05, 4.69) is 4.99 Å². The molecule has 2 atom stereocenters. The summed E-state index contributed by atoms with van der Waals surface area (Å²) in [6.45, 7) is 0.779. The lowest BCUT2D eigenvalue weighted by Gasteiger charge is -2.19. The highest BCUT2D eigenvalue weighted by atomic mass is 19.4. The van der Waals surface area contributed by atoms with E-state index in [1.807, 2.05) is 0 Å². The van der Waals surface area contributed by atoms with Gasteiger partial charge in [-0.15, -0.1) is 0 Å². The molecule has 98 valence electrons. The molecule has 0 radical (unpaired) electrons. The Balaban J connectivity index is 3.32. The van der Waals surface area contributed by atoms with Gasteiger partial charge in [-0.05, 0) is 12.5 Å². The van der Waals surface area contributed by atoms with Crippen LogP contribution in [0.4, 0.5) is 26.3 Å². The van der Waals surface area contributed by atoms with Crippen LogP contribution >= 0.6 is 0 Å². The Hall–Kier alpha value is -1.05. The molecule has 0 unspecified atom stereocenters. The van der Waals surface area contributed by atoms with Gasteiger partial charge >= 0.3 is 12.1 Å². The van der Waals surface area contributed by atoms with Crippen LogP contribution in [0.1, 0.15) is 6.92 Å². The standard InChI is InChI=1S/C9H9F6NO/c1-3-4(6(16-2)9(13,14)15)7(17)8(11,12)5(3)10/h5,7,17H,1-2H3/b16-6+/t5-,7+/m1/s1. The Morgan fingerprint density at radius 2 is 1.82 bits per heavy atom. The maximum absolute atomic E-state index is 13.1. The maximum atomic E-state index is 13.1. The lowest BCUT2D eigenvalue weighted by Crippen LogP contribution is -2.40. The fourth-order valence-electron chi connectivity index (χ4n) is 1.69. The molecule has 0 spiro atoms. The number of aliphatic hydroxyl groups excluding tert-OH is 1. The van der Waals surface area contributed by atoms with E-state index in [4.69, 9.17) is 5.11 Å². The first kappa shape index (κ1) is 14.0. The highest BCUT2D eigenvalue weighted by molar-refractivity contribution is 6.06. The number of halogens is 6. The van der Waals surface area contributed by atoms with E-state index in [1.54, 1.807) is 0 Å². The Labute approximate surface area is 92.6 Å². The van der Waals surface area contributed by atoms with E-state index in [-0.39, 0.29) is 0 Å². The summed E-state index contributed by atoms with van der Waals surface area (Å²) >= 11 is 0. The van der Waals surface area contributed by atoms with Crippen molar-refractivity contribution in [3.63, 3.8) is 0 Å². The zero-order valence-electron chi connectivity index (χ0n) is 8.82. The minimum atomic E-state index is -5.02. The van der Waals surface area contributed by atoms with Crippen molar-refractivity contribution in [1.29, 1.82) is 0 Å². The van der Waals surface area contributed by atoms with Gasteiger partial charge in [0, 0.05) is 12.6 Å². The average molecular weight is 261 g/mol. The largest absolute Gasteiger partial charge is 0.433 e. The number of aliphatic imine (C=N–C) groups is 1. The molecule has 1 aliphatic rings. The minimum absolute atomic E-state index is 0.736. The molecule has 0 aliphatic heterocycles. The van der Waals surface area contributed by atoms with E-state index >= 15 is 0 Å². The second kappa shape index (κ2) is 4.01. The summed E-state index contributed by atoms with van der Waals surface area (Å²) in [7, 11) is 0.736. The molecule has 1 aliphatic carbocycles. The van der Waals surface area contributed by atoms with Gasteiger partial charge in [-0.3, -0.25) is 4.99 Å². The Bertz CT molecular complexity index is 383. The van der Waals surface area contributed by atoms with Gasteiger partial charge in [-0.1, -0.05) is 0 Å². The lowest BCUT2D eigenvalue weighted by molar-refractivity contribution is -0.116. The van der Waals surface area contributed by atoms with Crippen molar-refractivity contribution in [1.82, 2.24) is 0 Å². The van der Waals surface area contributed by atoms with Crippen LogP contribution in [-0.2, 0) is 0 Å². The Kier molecular flexibility index (Phi) is 3.30. The molecule has 0 fully saturated rings. The quantitative estimate of drug-likeness (QED) is 0.570. The van der Waals surface area contributed by atoms with E-state index in [1.165, 1.54) is 0 Å². The van der Waals surface area contributed by atoms with Crippen LogP contribution in [0.2, 0.25) is 0 Å². The van der Waals surface area contributed by atoms with Crippen LogP contribution in [0, 0.1) is 0 Å². The second-order valence-electron chi connectivity index (χ2n) is 3.61. The van der Waals surface area contributed by atoms with Crippen LogP contribution in [0.5, 0.6) is 0 Å². The van der Waals surface area contributed by atoms with Crippen molar-refractivity contribution in [2.45, 2.75) is 31.3 Å². The van der Waals surface area contributed by atoms with Gasteiger partial charge in [0.25, 0.3) is 0 Å². The monoisotopic (exact) mass is 261 g/mol. The maximum Gasteiger partial charge on any atom is 0.433 e. The molecule has 1 N–H and O–H groups in total. The molecular weight excluding hydrogens is 252 g/mol. The van der Waals surface area contributed by atoms with E-state index in [0.717, 1.165) is 14.0 Å². The molecule has 0 saturated carbocycles. The molecule has 17 heavy (non-hydrogen) atoms. The summed E-state index contributed by atoms with van der Waals surface area (Å²) in [5.74, 6) is -4.26. The van der Waals surface area contributed by atoms with Crippen molar-refractivity contribution in [2.75, 3.05) is 7.05 Å². The van der Waals surface area contributed by atoms with Gasteiger partial charge in [0.2, 0.25) is 0 Å². The second-order valence-corrected chi connectivity index (χ2v) is 3.61. The molecule has 0 bridgehead atoms. The topological polar surface area (TPSA) is 32.6 Å². The van der Waals surface area contributed by atoms with Gasteiger partial charge in [-0.25, -0.2) is 4.39 Å². The predicted octanol–water partition coefficient (Wildman–Crippen LogP) is 2.28. The lowest BCUT2D eigenvalue weighted by atomic mass is 10.0. The van der Waals surface area contributed by atoms with Gasteiger partial charge < -0.3 is 5.11 Å². The van der Waals surface area contributed by atoms with Gasteiger partial charge in [0.15, 0.2) is 6.17 Å². The number of hydrogen-bond donors (Lipinski definition) is 1. The van der Waals surface area contributed by atoms with Crippen LogP contribution in [0.25, 0.3) is 0 Å². The first-order chi connectivity index (χ1) is 7.55. The molecular formula is C9H9F6NO. The van der Waals surface area contributed by atoms with E-state index in [0.29, 0.717) is 0 Å². The van der Waals surface area contributed by atoms with Gasteiger partial charge in [-0.2, -0.15) is 22.0 Å². The molecule has 1 rings (SSSR count). The summed E-state index contributed by atoms with van der Waals surface area (Å²) in [5, 5.41) is 9.09. The zero-order valence-corrected chi connectivity index (χ0v) is 8.82. The zero-order chi connectivity index (χ0) is 13.6. The number of aliphatic hydroxyl groups is 1. The molecule has 2 nitrogen and oxygen atoms in total. The van der Waals surface area contributed by atoms with Crippen molar-refractivity contribution in [3.05, 3.63) is 11.1 Å². The third-order valence-electron chi connectivity index (χ3n) is 2.53. The third kappa shape index (κ3) is 2.05. The Morgan fingerprint density at radius 1 is 1.35 bits per heavy atom. The summed E-state index contributed by atoms with van der Waals surface area (Å²) in [5.41, 5.74) is -3.71. The summed E-state index contributed by atoms with van der Waals surface area (Å²) in [4.78, 5) is 2.82. The number of alkyl halides is 6. The van der Waals surface area contributed by atoms with E-state index in [9.17, 15) is 26.3 Å². The molecule has 0 aromatic heterocycles. The third-order valence-corrected chi connectivity index (χ3v) is 2.53. The van der Waals surface area contributed by atoms with Crippen molar-refractivity contribution in [2.24, 2.45) is 4.99 Å². The Morgan fingerprint density at radius 3 is 2.06 bits per heavy atom. The number of allylic oxidation sites excluding steroid dienone is 1. The van der Waals surface area contributed by atoms with Crippen LogP contribution in [-0.4, -0.2) is 42.2 Å². The van der Waals surface area contributed by atoms with Gasteiger partial charge in [0.1, 0.15) is 11.8 Å². The fraction of sp³-hybridized carbons (Fsp3) is 0.667. The van der Waals surface area contributed by atoms with Crippen LogP contribution < -0.4 is 0 Å². The normalized spacial score (nSPS) is 30.1. The van der Waals surface area contributed by atoms with E-state index < -0.39 is 41.2 Å². The van der Waals surface area contributed by atoms with Gasteiger partial charge in [0.05, 0.1) is 0 Å². The predicted molar refractivity (Wildman–Crippen MR) is 48.0 cm³/mol. The molecule has 0 aromatic carbocycles. The summed E-state index contributed by atoms with van der Waals surface area (Å²) in [6, 6.07) is 0. The van der Waals surface area contributed by atoms with Crippen LogP contribution in [0.15, 0.2) is 16.1 Å². The first-order valence-corrected chi connectivity index (χ1v) is 4.50. The highest BCUT2D eigenvalue weighted by Gasteiger charge is 2.59. The van der Waals surface area contributed by atoms with Crippen molar-refractivity contribution >= 4 is 5.71 Å². The SMILES string of the molecule is C/N=C(\C1=C(C)[C@@H](F)C(F)(F)[C@H]1O)C(F)(F)F. The summed E-state index contributed by atoms with van der Waals surface area (Å²) < 4.78 is 76.5. The van der Waals surface area contributed by atoms with Crippen LogP contribution in [0.3, 0.4) is 0 Å². The smallest absolute Gasteiger partial charge is 0.382 e. The summed E-state index contributed by atoms with van der Waals surface area (Å²) in [6.07, 6.45) is -10.8.